The summed E-state index contributed by atoms with van der Waals surface area (Å²) in [6, 6.07) is 11.7. The third-order valence-corrected chi connectivity index (χ3v) is 3.28. The summed E-state index contributed by atoms with van der Waals surface area (Å²) in [7, 11) is 1.50. The van der Waals surface area contributed by atoms with Gasteiger partial charge in [0, 0.05) is 6.54 Å². The number of phenols is 2. The molecule has 0 aliphatic rings. The zero-order chi connectivity index (χ0) is 15.9. The summed E-state index contributed by atoms with van der Waals surface area (Å²) in [4.78, 5) is 11.8. The van der Waals surface area contributed by atoms with Gasteiger partial charge in [0.2, 0.25) is 5.91 Å². The lowest BCUT2D eigenvalue weighted by molar-refractivity contribution is -0.120. The van der Waals surface area contributed by atoms with Crippen LogP contribution >= 0.6 is 0 Å². The zero-order valence-corrected chi connectivity index (χ0v) is 12.4. The molecule has 3 N–H and O–H groups in total. The predicted octanol–water partition coefficient (Wildman–Crippen LogP) is 2.01. The molecule has 0 radical (unpaired) electrons. The molecule has 0 saturated heterocycles. The van der Waals surface area contributed by atoms with Gasteiger partial charge in [-0.05, 0) is 41.8 Å². The Morgan fingerprint density at radius 2 is 1.77 bits per heavy atom. The van der Waals surface area contributed by atoms with Crippen LogP contribution in [0.2, 0.25) is 0 Å². The maximum absolute atomic E-state index is 11.8. The molecule has 2 rings (SSSR count). The Balaban J connectivity index is 1.80. The van der Waals surface area contributed by atoms with Crippen LogP contribution in [0.3, 0.4) is 0 Å². The van der Waals surface area contributed by atoms with E-state index in [1.54, 1.807) is 42.5 Å². The van der Waals surface area contributed by atoms with E-state index in [9.17, 15) is 15.0 Å². The Bertz CT molecular complexity index is 638. The summed E-state index contributed by atoms with van der Waals surface area (Å²) >= 11 is 0. The first kappa shape index (κ1) is 15.7. The summed E-state index contributed by atoms with van der Waals surface area (Å²) in [5.74, 6) is 0.636. The Kier molecular flexibility index (Phi) is 5.25. The number of hydrogen-bond acceptors (Lipinski definition) is 4. The van der Waals surface area contributed by atoms with Crippen LogP contribution in [0, 0.1) is 0 Å². The molecular weight excluding hydrogens is 282 g/mol. The number of hydrogen-bond donors (Lipinski definition) is 3. The fourth-order valence-corrected chi connectivity index (χ4v) is 2.09. The molecule has 0 heterocycles. The highest BCUT2D eigenvalue weighted by Crippen LogP contribution is 2.26. The SMILES string of the molecule is COc1cc(CCNC(=O)Cc2ccc(O)cc2)ccc1O. The lowest BCUT2D eigenvalue weighted by atomic mass is 10.1. The van der Waals surface area contributed by atoms with Crippen molar-refractivity contribution in [1.82, 2.24) is 5.32 Å². The molecule has 0 saturated carbocycles. The first-order valence-electron chi connectivity index (χ1n) is 6.99. The van der Waals surface area contributed by atoms with Crippen molar-refractivity contribution in [2.75, 3.05) is 13.7 Å². The number of aromatic hydroxyl groups is 2. The Labute approximate surface area is 129 Å². The summed E-state index contributed by atoms with van der Waals surface area (Å²) in [6.45, 7) is 0.505. The van der Waals surface area contributed by atoms with Gasteiger partial charge in [-0.2, -0.15) is 0 Å². The molecule has 0 unspecified atom stereocenters. The summed E-state index contributed by atoms with van der Waals surface area (Å²) in [6.07, 6.45) is 0.928. The molecule has 0 atom stereocenters. The topological polar surface area (TPSA) is 78.8 Å². The average molecular weight is 301 g/mol. The van der Waals surface area contributed by atoms with E-state index in [1.807, 2.05) is 0 Å². The van der Waals surface area contributed by atoms with Crippen molar-refractivity contribution < 1.29 is 19.7 Å². The second kappa shape index (κ2) is 7.36. The molecule has 22 heavy (non-hydrogen) atoms. The number of methoxy groups -OCH3 is 1. The molecule has 2 aromatic carbocycles. The molecule has 0 aliphatic carbocycles. The molecule has 5 nitrogen and oxygen atoms in total. The lowest BCUT2D eigenvalue weighted by Crippen LogP contribution is -2.27. The van der Waals surface area contributed by atoms with Crippen LogP contribution in [-0.2, 0) is 17.6 Å². The molecule has 0 spiro atoms. The van der Waals surface area contributed by atoms with Gasteiger partial charge in [0.15, 0.2) is 11.5 Å². The van der Waals surface area contributed by atoms with Gasteiger partial charge in [0.05, 0.1) is 13.5 Å². The monoisotopic (exact) mass is 301 g/mol. The minimum absolute atomic E-state index is 0.0727. The van der Waals surface area contributed by atoms with Crippen molar-refractivity contribution in [1.29, 1.82) is 0 Å². The van der Waals surface area contributed by atoms with E-state index < -0.39 is 0 Å². The van der Waals surface area contributed by atoms with Crippen LogP contribution < -0.4 is 10.1 Å². The maximum atomic E-state index is 11.8. The highest BCUT2D eigenvalue weighted by Gasteiger charge is 2.05. The normalized spacial score (nSPS) is 10.2. The fourth-order valence-electron chi connectivity index (χ4n) is 2.09. The molecule has 0 aromatic heterocycles. The van der Waals surface area contributed by atoms with Crippen molar-refractivity contribution in [3.63, 3.8) is 0 Å². The average Bonchev–Trinajstić information content (AvgIpc) is 2.51. The molecule has 116 valence electrons. The van der Waals surface area contributed by atoms with Gasteiger partial charge in [-0.15, -0.1) is 0 Å². The number of nitrogens with one attached hydrogen (secondary N) is 1. The third-order valence-electron chi connectivity index (χ3n) is 3.28. The van der Waals surface area contributed by atoms with Gasteiger partial charge in [0.25, 0.3) is 0 Å². The van der Waals surface area contributed by atoms with Crippen LogP contribution in [0.25, 0.3) is 0 Å². The van der Waals surface area contributed by atoms with E-state index in [2.05, 4.69) is 5.32 Å². The Morgan fingerprint density at radius 1 is 1.09 bits per heavy atom. The second-order valence-corrected chi connectivity index (χ2v) is 4.95. The number of rotatable bonds is 6. The molecule has 0 bridgehead atoms. The van der Waals surface area contributed by atoms with Crippen molar-refractivity contribution in [3.8, 4) is 17.2 Å². The van der Waals surface area contributed by atoms with Crippen molar-refractivity contribution >= 4 is 5.91 Å². The first-order valence-corrected chi connectivity index (χ1v) is 6.99. The van der Waals surface area contributed by atoms with Gasteiger partial charge in [-0.3, -0.25) is 4.79 Å². The molecule has 0 aliphatic heterocycles. The van der Waals surface area contributed by atoms with Gasteiger partial charge in [0.1, 0.15) is 5.75 Å². The lowest BCUT2D eigenvalue weighted by Gasteiger charge is -2.08. The van der Waals surface area contributed by atoms with E-state index in [0.29, 0.717) is 18.7 Å². The summed E-state index contributed by atoms with van der Waals surface area (Å²) in [5, 5.41) is 21.6. The smallest absolute Gasteiger partial charge is 0.224 e. The van der Waals surface area contributed by atoms with Crippen molar-refractivity contribution in [3.05, 3.63) is 53.6 Å². The Morgan fingerprint density at radius 3 is 2.45 bits per heavy atom. The summed E-state index contributed by atoms with van der Waals surface area (Å²) in [5.41, 5.74) is 1.82. The van der Waals surface area contributed by atoms with E-state index in [-0.39, 0.29) is 23.8 Å². The van der Waals surface area contributed by atoms with Crippen LogP contribution in [0.5, 0.6) is 17.2 Å². The van der Waals surface area contributed by atoms with Crippen LogP contribution in [0.1, 0.15) is 11.1 Å². The van der Waals surface area contributed by atoms with Gasteiger partial charge in [-0.25, -0.2) is 0 Å². The van der Waals surface area contributed by atoms with Crippen molar-refractivity contribution in [2.24, 2.45) is 0 Å². The third kappa shape index (κ3) is 4.41. The van der Waals surface area contributed by atoms with E-state index in [1.165, 1.54) is 7.11 Å². The molecule has 2 aromatic rings. The van der Waals surface area contributed by atoms with Crippen molar-refractivity contribution in [2.45, 2.75) is 12.8 Å². The minimum Gasteiger partial charge on any atom is -0.508 e. The standard InChI is InChI=1S/C17H19NO4/c1-22-16-10-13(4-7-15(16)20)8-9-18-17(21)11-12-2-5-14(19)6-3-12/h2-7,10,19-20H,8-9,11H2,1H3,(H,18,21). The van der Waals surface area contributed by atoms with Crippen LogP contribution in [0.15, 0.2) is 42.5 Å². The summed E-state index contributed by atoms with van der Waals surface area (Å²) < 4.78 is 5.04. The molecule has 5 heteroatoms. The molecule has 0 fully saturated rings. The highest BCUT2D eigenvalue weighted by molar-refractivity contribution is 5.78. The minimum atomic E-state index is -0.0727. The quantitative estimate of drug-likeness (QED) is 0.762. The number of carbonyl (C=O) groups is 1. The van der Waals surface area contributed by atoms with E-state index >= 15 is 0 Å². The largest absolute Gasteiger partial charge is 0.508 e. The number of ether oxygens (including phenoxy) is 1. The van der Waals surface area contributed by atoms with Crippen LogP contribution in [0.4, 0.5) is 0 Å². The number of phenolic OH excluding ortho intramolecular Hbond substituents is 2. The zero-order valence-electron chi connectivity index (χ0n) is 12.4. The van der Waals surface area contributed by atoms with Gasteiger partial charge < -0.3 is 20.3 Å². The maximum Gasteiger partial charge on any atom is 0.224 e. The number of amides is 1. The van der Waals surface area contributed by atoms with Gasteiger partial charge >= 0.3 is 0 Å². The molecular formula is C17H19NO4. The predicted molar refractivity (Wildman–Crippen MR) is 83.2 cm³/mol. The molecule has 1 amide bonds. The number of benzene rings is 2. The highest BCUT2D eigenvalue weighted by atomic mass is 16.5. The van der Waals surface area contributed by atoms with E-state index in [0.717, 1.165) is 11.1 Å². The van der Waals surface area contributed by atoms with Gasteiger partial charge in [-0.1, -0.05) is 18.2 Å². The first-order chi connectivity index (χ1) is 10.6. The van der Waals surface area contributed by atoms with E-state index in [4.69, 9.17) is 4.74 Å². The number of carbonyl (C=O) groups excluding carboxylic acids is 1. The van der Waals surface area contributed by atoms with Crippen LogP contribution in [-0.4, -0.2) is 29.8 Å². The fraction of sp³-hybridized carbons (Fsp3) is 0.235. The Hall–Kier alpha value is -2.69. The second-order valence-electron chi connectivity index (χ2n) is 4.95.